The Morgan fingerprint density at radius 2 is 1.44 bits per heavy atom. The van der Waals surface area contributed by atoms with Gasteiger partial charge in [-0.1, -0.05) is 67.6 Å². The highest BCUT2D eigenvalue weighted by molar-refractivity contribution is 5.92. The number of aromatic nitrogens is 2. The molecule has 0 bridgehead atoms. The molecule has 0 saturated carbocycles. The van der Waals surface area contributed by atoms with Gasteiger partial charge in [0.05, 0.1) is 0 Å². The maximum absolute atomic E-state index is 13.2. The summed E-state index contributed by atoms with van der Waals surface area (Å²) in [6.07, 6.45) is 0.780. The molecular formula is C22H23N3O2. The van der Waals surface area contributed by atoms with E-state index in [1.165, 1.54) is 16.8 Å². The average Bonchev–Trinajstić information content (AvgIpc) is 2.70. The molecule has 0 saturated heterocycles. The smallest absolute Gasteiger partial charge is 0.274 e. The topological polar surface area (TPSA) is 55.2 Å². The van der Waals surface area contributed by atoms with Crippen molar-refractivity contribution in [1.29, 1.82) is 0 Å². The predicted octanol–water partition coefficient (Wildman–Crippen LogP) is 3.50. The normalized spacial score (nSPS) is 10.6. The van der Waals surface area contributed by atoms with Crippen LogP contribution in [0.5, 0.6) is 0 Å². The molecule has 0 fully saturated rings. The van der Waals surface area contributed by atoms with E-state index < -0.39 is 0 Å². The number of benzene rings is 2. The predicted molar refractivity (Wildman–Crippen MR) is 105 cm³/mol. The Kier molecular flexibility index (Phi) is 6.15. The van der Waals surface area contributed by atoms with E-state index in [1.807, 2.05) is 67.6 Å². The van der Waals surface area contributed by atoms with E-state index >= 15 is 0 Å². The van der Waals surface area contributed by atoms with E-state index in [-0.39, 0.29) is 17.2 Å². The lowest BCUT2D eigenvalue weighted by molar-refractivity contribution is 0.0721. The summed E-state index contributed by atoms with van der Waals surface area (Å²) < 4.78 is 1.36. The molecular weight excluding hydrogens is 338 g/mol. The fourth-order valence-electron chi connectivity index (χ4n) is 2.90. The number of rotatable bonds is 7. The average molecular weight is 361 g/mol. The lowest BCUT2D eigenvalue weighted by Gasteiger charge is -2.23. The fraction of sp³-hybridized carbons (Fsp3) is 0.227. The lowest BCUT2D eigenvalue weighted by atomic mass is 10.1. The lowest BCUT2D eigenvalue weighted by Crippen LogP contribution is -2.33. The number of aryl methyl sites for hydroxylation is 1. The van der Waals surface area contributed by atoms with Crippen molar-refractivity contribution in [3.63, 3.8) is 0 Å². The third-order valence-corrected chi connectivity index (χ3v) is 4.24. The van der Waals surface area contributed by atoms with Crippen molar-refractivity contribution in [2.24, 2.45) is 0 Å². The molecule has 1 aromatic heterocycles. The van der Waals surface area contributed by atoms with Crippen LogP contribution in [0.2, 0.25) is 0 Å². The molecule has 0 aliphatic rings. The van der Waals surface area contributed by atoms with Crippen LogP contribution in [0.3, 0.4) is 0 Å². The van der Waals surface area contributed by atoms with E-state index in [2.05, 4.69) is 5.10 Å². The molecule has 0 spiro atoms. The van der Waals surface area contributed by atoms with Crippen molar-refractivity contribution in [2.75, 3.05) is 0 Å². The highest BCUT2D eigenvalue weighted by atomic mass is 16.2. The number of amides is 1. The number of nitrogens with zero attached hydrogens (tertiary/aromatic N) is 3. The fourth-order valence-corrected chi connectivity index (χ4v) is 2.90. The van der Waals surface area contributed by atoms with Crippen molar-refractivity contribution in [3.8, 4) is 0 Å². The van der Waals surface area contributed by atoms with Crippen LogP contribution in [0.4, 0.5) is 0 Å². The first-order chi connectivity index (χ1) is 13.2. The Hall–Kier alpha value is -3.21. The van der Waals surface area contributed by atoms with Crippen molar-refractivity contribution < 1.29 is 4.79 Å². The van der Waals surface area contributed by atoms with Crippen LogP contribution in [-0.2, 0) is 19.6 Å². The minimum absolute atomic E-state index is 0.187. The Bertz CT molecular complexity index is 895. The Morgan fingerprint density at radius 1 is 0.889 bits per heavy atom. The van der Waals surface area contributed by atoms with Gasteiger partial charge in [0.25, 0.3) is 11.5 Å². The number of carbonyl (C=O) groups excluding carboxylic acids is 1. The Balaban J connectivity index is 1.90. The van der Waals surface area contributed by atoms with Gasteiger partial charge in [-0.25, -0.2) is 4.68 Å². The Morgan fingerprint density at radius 3 is 1.96 bits per heavy atom. The number of carbonyl (C=O) groups is 1. The molecule has 5 heteroatoms. The summed E-state index contributed by atoms with van der Waals surface area (Å²) in [5.74, 6) is -0.187. The van der Waals surface area contributed by atoms with E-state index in [1.54, 1.807) is 4.90 Å². The van der Waals surface area contributed by atoms with Crippen LogP contribution in [-0.4, -0.2) is 20.6 Å². The van der Waals surface area contributed by atoms with Gasteiger partial charge in [-0.05, 0) is 23.6 Å². The van der Waals surface area contributed by atoms with Crippen molar-refractivity contribution >= 4 is 5.91 Å². The van der Waals surface area contributed by atoms with Gasteiger partial charge < -0.3 is 4.90 Å². The highest BCUT2D eigenvalue weighted by Crippen LogP contribution is 2.13. The summed E-state index contributed by atoms with van der Waals surface area (Å²) in [5, 5.41) is 4.28. The zero-order chi connectivity index (χ0) is 19.1. The van der Waals surface area contributed by atoms with Crippen molar-refractivity contribution in [3.05, 3.63) is 100.0 Å². The van der Waals surface area contributed by atoms with Gasteiger partial charge in [0.15, 0.2) is 0 Å². The molecule has 0 unspecified atom stereocenters. The maximum Gasteiger partial charge on any atom is 0.274 e. The summed E-state index contributed by atoms with van der Waals surface area (Å²) in [4.78, 5) is 26.8. The van der Waals surface area contributed by atoms with Gasteiger partial charge in [0.2, 0.25) is 0 Å². The van der Waals surface area contributed by atoms with Crippen LogP contribution in [0.1, 0.15) is 35.0 Å². The third kappa shape index (κ3) is 4.91. The first-order valence-electron chi connectivity index (χ1n) is 9.12. The third-order valence-electron chi connectivity index (χ3n) is 4.24. The van der Waals surface area contributed by atoms with E-state index in [0.717, 1.165) is 17.5 Å². The number of hydrogen-bond donors (Lipinski definition) is 0. The molecule has 5 nitrogen and oxygen atoms in total. The minimum atomic E-state index is -0.189. The zero-order valence-electron chi connectivity index (χ0n) is 15.4. The molecule has 0 aliphatic carbocycles. The van der Waals surface area contributed by atoms with Gasteiger partial charge in [0, 0.05) is 25.7 Å². The monoisotopic (exact) mass is 361 g/mol. The molecule has 1 amide bonds. The Labute approximate surface area is 158 Å². The zero-order valence-corrected chi connectivity index (χ0v) is 15.4. The summed E-state index contributed by atoms with van der Waals surface area (Å²) in [6.45, 7) is 3.42. The molecule has 3 rings (SSSR count). The molecule has 0 radical (unpaired) electrons. The molecule has 0 atom stereocenters. The van der Waals surface area contributed by atoms with Gasteiger partial charge in [-0.15, -0.1) is 0 Å². The van der Waals surface area contributed by atoms with Crippen LogP contribution >= 0.6 is 0 Å². The second-order valence-corrected chi connectivity index (χ2v) is 6.41. The van der Waals surface area contributed by atoms with E-state index in [0.29, 0.717) is 19.6 Å². The summed E-state index contributed by atoms with van der Waals surface area (Å²) >= 11 is 0. The van der Waals surface area contributed by atoms with Crippen LogP contribution in [0.25, 0.3) is 0 Å². The van der Waals surface area contributed by atoms with Crippen LogP contribution in [0.15, 0.2) is 77.6 Å². The van der Waals surface area contributed by atoms with Gasteiger partial charge in [-0.2, -0.15) is 5.10 Å². The largest absolute Gasteiger partial charge is 0.329 e. The maximum atomic E-state index is 13.2. The summed E-state index contributed by atoms with van der Waals surface area (Å²) in [7, 11) is 0. The molecule has 2 aromatic carbocycles. The van der Waals surface area contributed by atoms with Gasteiger partial charge in [0.1, 0.15) is 5.69 Å². The van der Waals surface area contributed by atoms with Crippen LogP contribution < -0.4 is 5.56 Å². The SMILES string of the molecule is CCCn1nc(C(=O)N(Cc2ccccc2)Cc2ccccc2)ccc1=O. The van der Waals surface area contributed by atoms with E-state index in [9.17, 15) is 9.59 Å². The molecule has 1 heterocycles. The summed E-state index contributed by atoms with van der Waals surface area (Å²) in [5.41, 5.74) is 2.19. The molecule has 0 aliphatic heterocycles. The highest BCUT2D eigenvalue weighted by Gasteiger charge is 2.19. The molecule has 3 aromatic rings. The molecule has 27 heavy (non-hydrogen) atoms. The number of hydrogen-bond acceptors (Lipinski definition) is 3. The summed E-state index contributed by atoms with van der Waals surface area (Å²) in [6, 6.07) is 22.7. The van der Waals surface area contributed by atoms with Gasteiger partial charge >= 0.3 is 0 Å². The van der Waals surface area contributed by atoms with Crippen molar-refractivity contribution in [2.45, 2.75) is 33.0 Å². The first kappa shape index (κ1) is 18.6. The molecule has 138 valence electrons. The standard InChI is InChI=1S/C22H23N3O2/c1-2-15-25-21(26)14-13-20(23-25)22(27)24(16-18-9-5-3-6-10-18)17-19-11-7-4-8-12-19/h3-14H,2,15-17H2,1H3. The first-order valence-corrected chi connectivity index (χ1v) is 9.12. The molecule has 0 N–H and O–H groups in total. The van der Waals surface area contributed by atoms with Crippen molar-refractivity contribution in [1.82, 2.24) is 14.7 Å². The van der Waals surface area contributed by atoms with E-state index in [4.69, 9.17) is 0 Å². The quantitative estimate of drug-likeness (QED) is 0.647. The minimum Gasteiger partial charge on any atom is -0.329 e. The second-order valence-electron chi connectivity index (χ2n) is 6.41. The van der Waals surface area contributed by atoms with Crippen LogP contribution in [0, 0.1) is 0 Å². The van der Waals surface area contributed by atoms with Gasteiger partial charge in [-0.3, -0.25) is 9.59 Å². The second kappa shape index (κ2) is 8.94.